The van der Waals surface area contributed by atoms with Gasteiger partial charge in [0.25, 0.3) is 0 Å². The number of thioether (sulfide) groups is 1. The Kier molecular flexibility index (Phi) is 3.27. The summed E-state index contributed by atoms with van der Waals surface area (Å²) in [6.07, 6.45) is 1.04. The lowest BCUT2D eigenvalue weighted by atomic mass is 10.1. The lowest BCUT2D eigenvalue weighted by Crippen LogP contribution is -1.97. The average Bonchev–Trinajstić information content (AvgIpc) is 2.88. The van der Waals surface area contributed by atoms with Crippen LogP contribution in [0.15, 0.2) is 24.3 Å². The van der Waals surface area contributed by atoms with Gasteiger partial charge in [0.1, 0.15) is 5.15 Å². The molecule has 0 radical (unpaired) electrons. The minimum atomic E-state index is 0.611. The summed E-state index contributed by atoms with van der Waals surface area (Å²) in [5.41, 5.74) is 4.56. The molecule has 18 heavy (non-hydrogen) atoms. The number of nitrogens with zero attached hydrogens (tertiary/aromatic N) is 2. The van der Waals surface area contributed by atoms with Gasteiger partial charge in [-0.05, 0) is 12.0 Å². The smallest absolute Gasteiger partial charge is 0.161 e. The fourth-order valence-corrected chi connectivity index (χ4v) is 3.41. The van der Waals surface area contributed by atoms with Crippen LogP contribution >= 0.6 is 23.4 Å². The van der Waals surface area contributed by atoms with E-state index < -0.39 is 0 Å². The van der Waals surface area contributed by atoms with Crippen molar-refractivity contribution in [2.75, 3.05) is 0 Å². The van der Waals surface area contributed by atoms with Gasteiger partial charge in [0.2, 0.25) is 0 Å². The van der Waals surface area contributed by atoms with E-state index >= 15 is 0 Å². The second-order valence-electron chi connectivity index (χ2n) is 4.31. The van der Waals surface area contributed by atoms with Crippen LogP contribution in [-0.2, 0) is 17.9 Å². The maximum atomic E-state index is 6.22. The van der Waals surface area contributed by atoms with Gasteiger partial charge in [-0.25, -0.2) is 9.97 Å². The Hall–Kier alpha value is -1.06. The van der Waals surface area contributed by atoms with E-state index in [1.807, 2.05) is 11.8 Å². The topological polar surface area (TPSA) is 25.8 Å². The number of hydrogen-bond acceptors (Lipinski definition) is 3. The molecule has 3 rings (SSSR count). The first kappa shape index (κ1) is 12.0. The highest BCUT2D eigenvalue weighted by molar-refractivity contribution is 7.98. The van der Waals surface area contributed by atoms with E-state index in [-0.39, 0.29) is 0 Å². The number of fused-ring (bicyclic) bond motifs is 1. The van der Waals surface area contributed by atoms with Crippen molar-refractivity contribution < 1.29 is 0 Å². The zero-order valence-corrected chi connectivity index (χ0v) is 11.7. The molecule has 92 valence electrons. The first-order valence-corrected chi connectivity index (χ1v) is 7.53. The summed E-state index contributed by atoms with van der Waals surface area (Å²) in [6.45, 7) is 2.15. The molecule has 0 unspecified atom stereocenters. The fourth-order valence-electron chi connectivity index (χ4n) is 2.03. The number of rotatable bonds is 2. The monoisotopic (exact) mass is 276 g/mol. The molecule has 0 bridgehead atoms. The molecule has 4 heteroatoms. The summed E-state index contributed by atoms with van der Waals surface area (Å²) in [6, 6.07) is 8.38. The third-order valence-electron chi connectivity index (χ3n) is 3.15. The molecule has 0 saturated carbocycles. The van der Waals surface area contributed by atoms with Crippen LogP contribution in [0.2, 0.25) is 5.15 Å². The molecule has 1 aliphatic rings. The Morgan fingerprint density at radius 2 is 1.94 bits per heavy atom. The van der Waals surface area contributed by atoms with Gasteiger partial charge in [0, 0.05) is 22.6 Å². The first-order chi connectivity index (χ1) is 8.78. The van der Waals surface area contributed by atoms with Gasteiger partial charge >= 0.3 is 0 Å². The predicted octanol–water partition coefficient (Wildman–Crippen LogP) is 4.11. The number of aromatic nitrogens is 2. The lowest BCUT2D eigenvalue weighted by Gasteiger charge is -2.05. The summed E-state index contributed by atoms with van der Waals surface area (Å²) in [5.74, 6) is 2.62. The molecule has 2 heterocycles. The summed E-state index contributed by atoms with van der Waals surface area (Å²) < 4.78 is 0. The van der Waals surface area contributed by atoms with Crippen molar-refractivity contribution in [3.63, 3.8) is 0 Å². The maximum absolute atomic E-state index is 6.22. The quantitative estimate of drug-likeness (QED) is 0.772. The Bertz CT molecular complexity index is 581. The molecule has 1 aliphatic heterocycles. The molecule has 0 amide bonds. The third kappa shape index (κ3) is 2.13. The maximum Gasteiger partial charge on any atom is 0.161 e. The molecule has 2 aromatic rings. The van der Waals surface area contributed by atoms with Gasteiger partial charge in [0.15, 0.2) is 5.82 Å². The molecule has 1 aromatic carbocycles. The zero-order chi connectivity index (χ0) is 12.5. The molecule has 0 saturated heterocycles. The van der Waals surface area contributed by atoms with Crippen molar-refractivity contribution in [3.8, 4) is 11.4 Å². The molecular weight excluding hydrogens is 264 g/mol. The molecule has 1 aromatic heterocycles. The van der Waals surface area contributed by atoms with Crippen molar-refractivity contribution in [2.24, 2.45) is 0 Å². The van der Waals surface area contributed by atoms with E-state index in [1.54, 1.807) is 0 Å². The lowest BCUT2D eigenvalue weighted by molar-refractivity contribution is 1.07. The van der Waals surface area contributed by atoms with E-state index in [2.05, 4.69) is 41.2 Å². The Balaban J connectivity index is 2.03. The largest absolute Gasteiger partial charge is 0.232 e. The highest BCUT2D eigenvalue weighted by Crippen LogP contribution is 2.34. The van der Waals surface area contributed by atoms with E-state index in [4.69, 9.17) is 11.6 Å². The SMILES string of the molecule is CCc1ccc(-c2nc(Cl)c3c(n2)CSC3)cc1. The average molecular weight is 277 g/mol. The van der Waals surface area contributed by atoms with Crippen LogP contribution in [0.1, 0.15) is 23.7 Å². The molecule has 0 N–H and O–H groups in total. The van der Waals surface area contributed by atoms with Crippen LogP contribution in [0.4, 0.5) is 0 Å². The van der Waals surface area contributed by atoms with Crippen molar-refractivity contribution in [2.45, 2.75) is 24.9 Å². The number of halogens is 1. The van der Waals surface area contributed by atoms with E-state index in [1.165, 1.54) is 5.56 Å². The molecule has 0 fully saturated rings. The summed E-state index contributed by atoms with van der Waals surface area (Å²) in [4.78, 5) is 9.03. The summed E-state index contributed by atoms with van der Waals surface area (Å²) in [7, 11) is 0. The van der Waals surface area contributed by atoms with Gasteiger partial charge in [-0.3, -0.25) is 0 Å². The Morgan fingerprint density at radius 1 is 1.17 bits per heavy atom. The van der Waals surface area contributed by atoms with Gasteiger partial charge < -0.3 is 0 Å². The standard InChI is InChI=1S/C14H13ClN2S/c1-2-9-3-5-10(6-4-9)14-16-12-8-18-7-11(12)13(15)17-14/h3-6H,2,7-8H2,1H3. The van der Waals surface area contributed by atoms with Crippen molar-refractivity contribution >= 4 is 23.4 Å². The third-order valence-corrected chi connectivity index (χ3v) is 4.43. The van der Waals surface area contributed by atoms with Crippen molar-refractivity contribution in [1.82, 2.24) is 9.97 Å². The first-order valence-electron chi connectivity index (χ1n) is 6.00. The van der Waals surface area contributed by atoms with Gasteiger partial charge in [-0.15, -0.1) is 0 Å². The van der Waals surface area contributed by atoms with E-state index in [9.17, 15) is 0 Å². The van der Waals surface area contributed by atoms with Gasteiger partial charge in [0.05, 0.1) is 5.69 Å². The summed E-state index contributed by atoms with van der Waals surface area (Å²) >= 11 is 8.06. The van der Waals surface area contributed by atoms with E-state index in [0.29, 0.717) is 5.15 Å². The van der Waals surface area contributed by atoms with Gasteiger partial charge in [-0.2, -0.15) is 11.8 Å². The molecular formula is C14H13ClN2S. The van der Waals surface area contributed by atoms with E-state index in [0.717, 1.165) is 40.6 Å². The number of aryl methyl sites for hydroxylation is 1. The number of hydrogen-bond donors (Lipinski definition) is 0. The highest BCUT2D eigenvalue weighted by atomic mass is 35.5. The Morgan fingerprint density at radius 3 is 2.67 bits per heavy atom. The number of benzene rings is 1. The molecule has 0 atom stereocenters. The fraction of sp³-hybridized carbons (Fsp3) is 0.286. The van der Waals surface area contributed by atoms with Crippen molar-refractivity contribution in [3.05, 3.63) is 46.2 Å². The molecule has 2 nitrogen and oxygen atoms in total. The second-order valence-corrected chi connectivity index (χ2v) is 5.65. The van der Waals surface area contributed by atoms with Crippen LogP contribution in [-0.4, -0.2) is 9.97 Å². The normalized spacial score (nSPS) is 13.7. The predicted molar refractivity (Wildman–Crippen MR) is 76.9 cm³/mol. The summed E-state index contributed by atoms with van der Waals surface area (Å²) in [5, 5.41) is 0.611. The zero-order valence-electron chi connectivity index (χ0n) is 10.1. The van der Waals surface area contributed by atoms with Gasteiger partial charge in [-0.1, -0.05) is 42.8 Å². The second kappa shape index (κ2) is 4.90. The van der Waals surface area contributed by atoms with Crippen LogP contribution in [0.3, 0.4) is 0 Å². The van der Waals surface area contributed by atoms with Crippen molar-refractivity contribution in [1.29, 1.82) is 0 Å². The highest BCUT2D eigenvalue weighted by Gasteiger charge is 2.19. The van der Waals surface area contributed by atoms with Crippen LogP contribution in [0.5, 0.6) is 0 Å². The van der Waals surface area contributed by atoms with Crippen LogP contribution in [0.25, 0.3) is 11.4 Å². The minimum absolute atomic E-state index is 0.611. The Labute approximate surface area is 116 Å². The molecule has 0 aliphatic carbocycles. The van der Waals surface area contributed by atoms with Crippen LogP contribution in [0, 0.1) is 0 Å². The molecule has 0 spiro atoms. The van der Waals surface area contributed by atoms with Crippen LogP contribution < -0.4 is 0 Å². The minimum Gasteiger partial charge on any atom is -0.232 e.